The van der Waals surface area contributed by atoms with Crippen LogP contribution in [0.5, 0.6) is 0 Å². The molecule has 2 aliphatic carbocycles. The van der Waals surface area contributed by atoms with E-state index in [4.69, 9.17) is 23.2 Å². The van der Waals surface area contributed by atoms with Crippen molar-refractivity contribution in [3.05, 3.63) is 33.8 Å². The van der Waals surface area contributed by atoms with Crippen LogP contribution in [0.1, 0.15) is 74.6 Å². The monoisotopic (exact) mass is 386 g/mol. The van der Waals surface area contributed by atoms with Crippen LogP contribution in [0.15, 0.2) is 18.2 Å². The van der Waals surface area contributed by atoms with E-state index in [9.17, 15) is 9.36 Å². The maximum absolute atomic E-state index is 14.3. The topological polar surface area (TPSA) is 34.1 Å². The van der Waals surface area contributed by atoms with Crippen LogP contribution < -0.4 is 0 Å². The quantitative estimate of drug-likeness (QED) is 0.514. The SMILES string of the molecule is O=C(c1c(Cl)cccc1Cl)P(=O)(C1CCCCC1)C1CCCCC1. The van der Waals surface area contributed by atoms with Crippen molar-refractivity contribution >= 4 is 35.9 Å². The van der Waals surface area contributed by atoms with Gasteiger partial charge in [0.15, 0.2) is 7.14 Å². The average Bonchev–Trinajstić information content (AvgIpc) is 2.62. The molecule has 24 heavy (non-hydrogen) atoms. The van der Waals surface area contributed by atoms with Gasteiger partial charge in [-0.1, -0.05) is 67.8 Å². The molecule has 0 unspecified atom stereocenters. The maximum atomic E-state index is 14.3. The molecule has 132 valence electrons. The molecular formula is C19H25Cl2O2P. The number of benzene rings is 1. The van der Waals surface area contributed by atoms with Crippen molar-refractivity contribution in [1.82, 2.24) is 0 Å². The summed E-state index contributed by atoms with van der Waals surface area (Å²) >= 11 is 12.6. The number of halogens is 2. The molecule has 0 saturated heterocycles. The third-order valence-electron chi connectivity index (χ3n) is 5.73. The minimum absolute atomic E-state index is 0.0224. The van der Waals surface area contributed by atoms with Crippen LogP contribution in [0, 0.1) is 0 Å². The first-order valence-electron chi connectivity index (χ1n) is 9.13. The lowest BCUT2D eigenvalue weighted by Gasteiger charge is -2.37. The Morgan fingerprint density at radius 3 is 1.67 bits per heavy atom. The Morgan fingerprint density at radius 1 is 0.833 bits per heavy atom. The summed E-state index contributed by atoms with van der Waals surface area (Å²) in [6.07, 6.45) is 10.3. The van der Waals surface area contributed by atoms with Gasteiger partial charge in [0, 0.05) is 11.3 Å². The van der Waals surface area contributed by atoms with Gasteiger partial charge in [0.1, 0.15) is 0 Å². The van der Waals surface area contributed by atoms with Crippen molar-refractivity contribution in [3.63, 3.8) is 0 Å². The number of hydrogen-bond donors (Lipinski definition) is 0. The smallest absolute Gasteiger partial charge is 0.224 e. The lowest BCUT2D eigenvalue weighted by Crippen LogP contribution is -2.28. The van der Waals surface area contributed by atoms with Gasteiger partial charge in [-0.3, -0.25) is 4.79 Å². The molecule has 2 nitrogen and oxygen atoms in total. The van der Waals surface area contributed by atoms with Gasteiger partial charge < -0.3 is 4.57 Å². The first-order chi connectivity index (χ1) is 11.5. The van der Waals surface area contributed by atoms with Crippen LogP contribution in [0.3, 0.4) is 0 Å². The molecule has 0 heterocycles. The Morgan fingerprint density at radius 2 is 1.25 bits per heavy atom. The van der Waals surface area contributed by atoms with Gasteiger partial charge in [-0.05, 0) is 37.8 Å². The fourth-order valence-corrected chi connectivity index (χ4v) is 9.25. The number of carbonyl (C=O) groups is 1. The van der Waals surface area contributed by atoms with Gasteiger partial charge in [-0.15, -0.1) is 0 Å². The Labute approximate surface area is 154 Å². The summed E-state index contributed by atoms with van der Waals surface area (Å²) < 4.78 is 14.3. The molecule has 0 N–H and O–H groups in total. The minimum atomic E-state index is -3.04. The largest absolute Gasteiger partial charge is 0.315 e. The van der Waals surface area contributed by atoms with Crippen LogP contribution in [0.2, 0.25) is 10.0 Å². The predicted molar refractivity (Wildman–Crippen MR) is 102 cm³/mol. The summed E-state index contributed by atoms with van der Waals surface area (Å²) in [5.41, 5.74) is 0.0839. The molecule has 2 saturated carbocycles. The highest BCUT2D eigenvalue weighted by atomic mass is 35.5. The Balaban J connectivity index is 2.03. The van der Waals surface area contributed by atoms with Crippen LogP contribution in [0.4, 0.5) is 0 Å². The number of carbonyl (C=O) groups excluding carboxylic acids is 1. The minimum Gasteiger partial charge on any atom is -0.315 e. The van der Waals surface area contributed by atoms with E-state index < -0.39 is 7.14 Å². The molecule has 2 fully saturated rings. The van der Waals surface area contributed by atoms with Gasteiger partial charge in [-0.25, -0.2) is 0 Å². The Kier molecular flexibility index (Phi) is 6.11. The molecule has 2 aliphatic rings. The molecule has 0 aliphatic heterocycles. The summed E-state index contributed by atoms with van der Waals surface area (Å²) in [6, 6.07) is 5.08. The third-order valence-corrected chi connectivity index (χ3v) is 10.4. The van der Waals surface area contributed by atoms with Gasteiger partial charge in [0.2, 0.25) is 5.52 Å². The van der Waals surface area contributed by atoms with Gasteiger partial charge >= 0.3 is 0 Å². The van der Waals surface area contributed by atoms with Crippen molar-refractivity contribution < 1.29 is 9.36 Å². The average molecular weight is 387 g/mol. The van der Waals surface area contributed by atoms with Gasteiger partial charge in [0.05, 0.1) is 15.6 Å². The summed E-state index contributed by atoms with van der Waals surface area (Å²) in [6.45, 7) is 0. The van der Waals surface area contributed by atoms with E-state index in [0.29, 0.717) is 15.6 Å². The lowest BCUT2D eigenvalue weighted by molar-refractivity contribution is 0.107. The summed E-state index contributed by atoms with van der Waals surface area (Å²) in [7, 11) is -3.04. The highest BCUT2D eigenvalue weighted by Gasteiger charge is 2.47. The van der Waals surface area contributed by atoms with Crippen molar-refractivity contribution in [2.45, 2.75) is 75.5 Å². The third kappa shape index (κ3) is 3.48. The first-order valence-corrected chi connectivity index (χ1v) is 11.7. The molecule has 0 atom stereocenters. The number of rotatable bonds is 4. The summed E-state index contributed by atoms with van der Waals surface area (Å²) in [5, 5.41) is 0.665. The van der Waals surface area contributed by atoms with E-state index >= 15 is 0 Å². The zero-order valence-corrected chi connectivity index (χ0v) is 16.4. The first kappa shape index (κ1) is 18.5. The fraction of sp³-hybridized carbons (Fsp3) is 0.632. The standard InChI is InChI=1S/C19H25Cl2O2P/c20-16-12-7-13-17(21)18(16)19(22)24(23,14-8-3-1-4-9-14)15-10-5-2-6-11-15/h7,12-15H,1-6,8-11H2. The zero-order chi connectivity index (χ0) is 17.2. The van der Waals surface area contributed by atoms with E-state index in [2.05, 4.69) is 0 Å². The summed E-state index contributed by atoms with van der Waals surface area (Å²) in [5.74, 6) is 0. The second-order valence-corrected chi connectivity index (χ2v) is 11.3. The molecule has 0 aromatic heterocycles. The van der Waals surface area contributed by atoms with Crippen LogP contribution in [-0.4, -0.2) is 16.8 Å². The lowest BCUT2D eigenvalue weighted by atomic mass is 9.99. The van der Waals surface area contributed by atoms with Crippen molar-refractivity contribution in [2.24, 2.45) is 0 Å². The van der Waals surface area contributed by atoms with Crippen LogP contribution in [0.25, 0.3) is 0 Å². The van der Waals surface area contributed by atoms with Crippen molar-refractivity contribution in [2.75, 3.05) is 0 Å². The van der Waals surface area contributed by atoms with Crippen molar-refractivity contribution in [1.29, 1.82) is 0 Å². The van der Waals surface area contributed by atoms with Gasteiger partial charge in [-0.2, -0.15) is 0 Å². The molecular weight excluding hydrogens is 362 g/mol. The van der Waals surface area contributed by atoms with E-state index in [1.54, 1.807) is 18.2 Å². The Hall–Kier alpha value is -0.300. The molecule has 0 bridgehead atoms. The fourth-order valence-electron chi connectivity index (χ4n) is 4.44. The normalized spacial score (nSPS) is 20.9. The predicted octanol–water partition coefficient (Wildman–Crippen LogP) is 7.16. The van der Waals surface area contributed by atoms with Crippen LogP contribution >= 0.6 is 30.3 Å². The molecule has 0 radical (unpaired) electrons. The molecule has 1 aromatic rings. The molecule has 3 rings (SSSR count). The second-order valence-electron chi connectivity index (χ2n) is 7.19. The summed E-state index contributed by atoms with van der Waals surface area (Å²) in [4.78, 5) is 13.5. The van der Waals surface area contributed by atoms with E-state index in [-0.39, 0.29) is 16.8 Å². The van der Waals surface area contributed by atoms with Gasteiger partial charge in [0.25, 0.3) is 0 Å². The highest BCUT2D eigenvalue weighted by Crippen LogP contribution is 2.65. The maximum Gasteiger partial charge on any atom is 0.224 e. The molecule has 0 amide bonds. The second kappa shape index (κ2) is 7.94. The van der Waals surface area contributed by atoms with Crippen LogP contribution in [-0.2, 0) is 4.57 Å². The van der Waals surface area contributed by atoms with E-state index in [0.717, 1.165) is 51.4 Å². The molecule has 0 spiro atoms. The Bertz CT molecular complexity index is 605. The number of hydrogen-bond acceptors (Lipinski definition) is 2. The zero-order valence-electron chi connectivity index (χ0n) is 14.0. The molecule has 1 aromatic carbocycles. The van der Waals surface area contributed by atoms with Crippen molar-refractivity contribution in [3.8, 4) is 0 Å². The highest BCUT2D eigenvalue weighted by molar-refractivity contribution is 7.82. The van der Waals surface area contributed by atoms with E-state index in [1.807, 2.05) is 0 Å². The van der Waals surface area contributed by atoms with E-state index in [1.165, 1.54) is 12.8 Å². The molecule has 5 heteroatoms.